The Kier molecular flexibility index (Phi) is 3.32. The van der Waals surface area contributed by atoms with Crippen LogP contribution in [0.4, 0.5) is 5.69 Å². The molecular weight excluding hydrogens is 160 g/mol. The third kappa shape index (κ3) is 2.46. The van der Waals surface area contributed by atoms with E-state index in [0.717, 1.165) is 24.1 Å². The average molecular weight is 178 g/mol. The van der Waals surface area contributed by atoms with Crippen LogP contribution in [0.15, 0.2) is 18.2 Å². The van der Waals surface area contributed by atoms with Gasteiger partial charge in [-0.1, -0.05) is 25.5 Å². The van der Waals surface area contributed by atoms with Crippen molar-refractivity contribution in [1.29, 1.82) is 0 Å². The summed E-state index contributed by atoms with van der Waals surface area (Å²) in [7, 11) is 0. The largest absolute Gasteiger partial charge is 0.399 e. The summed E-state index contributed by atoms with van der Waals surface area (Å²) < 4.78 is 0. The van der Waals surface area contributed by atoms with E-state index in [1.54, 1.807) is 0 Å². The van der Waals surface area contributed by atoms with Crippen LogP contribution in [0, 0.1) is 6.92 Å². The van der Waals surface area contributed by atoms with Gasteiger partial charge in [-0.15, -0.1) is 0 Å². The van der Waals surface area contributed by atoms with E-state index in [4.69, 9.17) is 11.5 Å². The van der Waals surface area contributed by atoms with Gasteiger partial charge in [0.1, 0.15) is 0 Å². The third-order valence-corrected chi connectivity index (χ3v) is 2.32. The van der Waals surface area contributed by atoms with Gasteiger partial charge in [0.15, 0.2) is 0 Å². The second kappa shape index (κ2) is 4.28. The van der Waals surface area contributed by atoms with Crippen LogP contribution < -0.4 is 11.5 Å². The number of hydrogen-bond acceptors (Lipinski definition) is 2. The molecule has 1 aromatic carbocycles. The summed E-state index contributed by atoms with van der Waals surface area (Å²) in [5.74, 6) is 0. The monoisotopic (exact) mass is 178 g/mol. The Bertz CT molecular complexity index is 281. The second-order valence-electron chi connectivity index (χ2n) is 3.51. The maximum absolute atomic E-state index is 5.98. The van der Waals surface area contributed by atoms with Gasteiger partial charge in [-0.2, -0.15) is 0 Å². The van der Waals surface area contributed by atoms with Gasteiger partial charge in [-0.3, -0.25) is 0 Å². The van der Waals surface area contributed by atoms with Crippen molar-refractivity contribution < 1.29 is 0 Å². The Hall–Kier alpha value is -1.02. The fourth-order valence-corrected chi connectivity index (χ4v) is 1.41. The molecule has 0 heterocycles. The molecule has 72 valence electrons. The molecule has 0 aliphatic heterocycles. The van der Waals surface area contributed by atoms with E-state index < -0.39 is 0 Å². The molecule has 0 aliphatic rings. The third-order valence-electron chi connectivity index (χ3n) is 2.32. The highest BCUT2D eigenvalue weighted by molar-refractivity contribution is 5.48. The summed E-state index contributed by atoms with van der Waals surface area (Å²) in [6.45, 7) is 4.15. The fraction of sp³-hybridized carbons (Fsp3) is 0.455. The number of nitrogens with two attached hydrogens (primary N) is 2. The Morgan fingerprint density at radius 1 is 1.38 bits per heavy atom. The van der Waals surface area contributed by atoms with E-state index in [-0.39, 0.29) is 6.04 Å². The lowest BCUT2D eigenvalue weighted by Gasteiger charge is -2.12. The summed E-state index contributed by atoms with van der Waals surface area (Å²) in [6.07, 6.45) is 2.15. The summed E-state index contributed by atoms with van der Waals surface area (Å²) >= 11 is 0. The van der Waals surface area contributed by atoms with E-state index in [2.05, 4.69) is 13.0 Å². The van der Waals surface area contributed by atoms with Gasteiger partial charge in [-0.05, 0) is 30.5 Å². The zero-order chi connectivity index (χ0) is 9.84. The van der Waals surface area contributed by atoms with Crippen molar-refractivity contribution in [3.63, 3.8) is 0 Å². The Labute approximate surface area is 79.9 Å². The van der Waals surface area contributed by atoms with Gasteiger partial charge in [0.2, 0.25) is 0 Å². The standard InChI is InChI=1S/C11H18N2/c1-3-4-11(13)9-5-6-10(12)8(2)7-9/h5-7,11H,3-4,12-13H2,1-2H3/t11-/m1/s1. The normalized spacial score (nSPS) is 12.8. The van der Waals surface area contributed by atoms with Crippen LogP contribution in [-0.2, 0) is 0 Å². The lowest BCUT2D eigenvalue weighted by molar-refractivity contribution is 0.638. The number of benzene rings is 1. The summed E-state index contributed by atoms with van der Waals surface area (Å²) in [6, 6.07) is 6.18. The van der Waals surface area contributed by atoms with Crippen LogP contribution in [-0.4, -0.2) is 0 Å². The summed E-state index contributed by atoms with van der Waals surface area (Å²) in [4.78, 5) is 0. The van der Waals surface area contributed by atoms with E-state index in [9.17, 15) is 0 Å². The van der Waals surface area contributed by atoms with Crippen molar-refractivity contribution in [1.82, 2.24) is 0 Å². The Morgan fingerprint density at radius 2 is 2.08 bits per heavy atom. The van der Waals surface area contributed by atoms with Crippen LogP contribution in [0.25, 0.3) is 0 Å². The first-order valence-electron chi connectivity index (χ1n) is 4.76. The molecule has 1 rings (SSSR count). The van der Waals surface area contributed by atoms with E-state index in [1.807, 2.05) is 19.1 Å². The highest BCUT2D eigenvalue weighted by Crippen LogP contribution is 2.20. The quantitative estimate of drug-likeness (QED) is 0.698. The maximum atomic E-state index is 5.98. The molecule has 0 spiro atoms. The molecule has 2 heteroatoms. The smallest absolute Gasteiger partial charge is 0.0343 e. The number of nitrogen functional groups attached to an aromatic ring is 1. The minimum Gasteiger partial charge on any atom is -0.399 e. The number of anilines is 1. The molecule has 0 radical (unpaired) electrons. The highest BCUT2D eigenvalue weighted by atomic mass is 14.6. The minimum absolute atomic E-state index is 0.157. The second-order valence-corrected chi connectivity index (χ2v) is 3.51. The molecule has 0 fully saturated rings. The van der Waals surface area contributed by atoms with E-state index in [1.165, 1.54) is 5.56 Å². The molecule has 2 nitrogen and oxygen atoms in total. The van der Waals surface area contributed by atoms with E-state index in [0.29, 0.717) is 0 Å². The molecule has 0 unspecified atom stereocenters. The first-order valence-corrected chi connectivity index (χ1v) is 4.76. The molecule has 13 heavy (non-hydrogen) atoms. The first-order chi connectivity index (χ1) is 6.15. The molecule has 0 saturated heterocycles. The Balaban J connectivity index is 2.84. The predicted octanol–water partition coefficient (Wildman–Crippen LogP) is 2.38. The van der Waals surface area contributed by atoms with Crippen molar-refractivity contribution in [2.45, 2.75) is 32.7 Å². The molecule has 0 aliphatic carbocycles. The zero-order valence-corrected chi connectivity index (χ0v) is 8.38. The van der Waals surface area contributed by atoms with Crippen molar-refractivity contribution in [2.24, 2.45) is 5.73 Å². The molecule has 0 aromatic heterocycles. The highest BCUT2D eigenvalue weighted by Gasteiger charge is 2.05. The topological polar surface area (TPSA) is 52.0 Å². The predicted molar refractivity (Wildman–Crippen MR) is 57.4 cm³/mol. The molecule has 0 saturated carbocycles. The van der Waals surface area contributed by atoms with Gasteiger partial charge < -0.3 is 11.5 Å². The Morgan fingerprint density at radius 3 is 2.62 bits per heavy atom. The molecule has 1 atom stereocenters. The number of rotatable bonds is 3. The van der Waals surface area contributed by atoms with Crippen LogP contribution in [0.1, 0.15) is 36.9 Å². The van der Waals surface area contributed by atoms with Crippen LogP contribution >= 0.6 is 0 Å². The molecule has 1 aromatic rings. The van der Waals surface area contributed by atoms with Crippen molar-refractivity contribution in [2.75, 3.05) is 5.73 Å². The SMILES string of the molecule is CCC[C@@H](N)c1ccc(N)c(C)c1. The summed E-state index contributed by atoms with van der Waals surface area (Å²) in [5.41, 5.74) is 14.8. The molecule has 0 amide bonds. The average Bonchev–Trinajstić information content (AvgIpc) is 2.10. The number of aryl methyl sites for hydroxylation is 1. The minimum atomic E-state index is 0.157. The van der Waals surface area contributed by atoms with Crippen LogP contribution in [0.5, 0.6) is 0 Å². The van der Waals surface area contributed by atoms with Crippen molar-refractivity contribution in [3.8, 4) is 0 Å². The van der Waals surface area contributed by atoms with Crippen molar-refractivity contribution in [3.05, 3.63) is 29.3 Å². The van der Waals surface area contributed by atoms with Gasteiger partial charge in [0.05, 0.1) is 0 Å². The van der Waals surface area contributed by atoms with E-state index >= 15 is 0 Å². The van der Waals surface area contributed by atoms with Gasteiger partial charge in [-0.25, -0.2) is 0 Å². The molecule has 0 bridgehead atoms. The summed E-state index contributed by atoms with van der Waals surface area (Å²) in [5, 5.41) is 0. The maximum Gasteiger partial charge on any atom is 0.0343 e. The zero-order valence-electron chi connectivity index (χ0n) is 8.38. The van der Waals surface area contributed by atoms with Gasteiger partial charge in [0, 0.05) is 11.7 Å². The fourth-order valence-electron chi connectivity index (χ4n) is 1.41. The van der Waals surface area contributed by atoms with Crippen LogP contribution in [0.3, 0.4) is 0 Å². The first kappa shape index (κ1) is 10.1. The van der Waals surface area contributed by atoms with Gasteiger partial charge in [0.25, 0.3) is 0 Å². The number of hydrogen-bond donors (Lipinski definition) is 2. The molecular formula is C11H18N2. The van der Waals surface area contributed by atoms with Gasteiger partial charge >= 0.3 is 0 Å². The van der Waals surface area contributed by atoms with Crippen LogP contribution in [0.2, 0.25) is 0 Å². The molecule has 4 N–H and O–H groups in total. The lowest BCUT2D eigenvalue weighted by Crippen LogP contribution is -2.10. The lowest BCUT2D eigenvalue weighted by atomic mass is 10.0. The van der Waals surface area contributed by atoms with Crippen molar-refractivity contribution >= 4 is 5.69 Å².